The van der Waals surface area contributed by atoms with Crippen molar-refractivity contribution in [3.8, 4) is 11.5 Å². The lowest BCUT2D eigenvalue weighted by Gasteiger charge is -2.21. The van der Waals surface area contributed by atoms with Crippen LogP contribution in [0.25, 0.3) is 0 Å². The van der Waals surface area contributed by atoms with Gasteiger partial charge in [-0.25, -0.2) is 0 Å². The van der Waals surface area contributed by atoms with E-state index in [0.29, 0.717) is 13.2 Å². The van der Waals surface area contributed by atoms with E-state index in [0.717, 1.165) is 11.5 Å². The summed E-state index contributed by atoms with van der Waals surface area (Å²) >= 11 is 1.82. The molecular weight excluding hydrogens is 258 g/mol. The van der Waals surface area contributed by atoms with Crippen LogP contribution in [0.3, 0.4) is 0 Å². The first-order valence-electron chi connectivity index (χ1n) is 6.41. The van der Waals surface area contributed by atoms with Gasteiger partial charge in [-0.2, -0.15) is 0 Å². The van der Waals surface area contributed by atoms with Crippen molar-refractivity contribution in [2.45, 2.75) is 13.0 Å². The molecule has 2 aromatic rings. The molecule has 0 saturated carbocycles. The van der Waals surface area contributed by atoms with E-state index < -0.39 is 0 Å². The Labute approximate surface area is 117 Å². The molecule has 1 aliphatic heterocycles. The second-order valence-corrected chi connectivity index (χ2v) is 5.89. The first kappa shape index (κ1) is 12.5. The molecule has 1 atom stereocenters. The van der Waals surface area contributed by atoms with Crippen LogP contribution in [-0.2, 0) is 0 Å². The maximum absolute atomic E-state index is 5.65. The van der Waals surface area contributed by atoms with Gasteiger partial charge in [0.2, 0.25) is 0 Å². The number of fused-ring (bicyclic) bond motifs is 1. The first-order valence-corrected chi connectivity index (χ1v) is 7.23. The number of ether oxygens (including phenoxy) is 2. The van der Waals surface area contributed by atoms with Crippen LogP contribution < -0.4 is 14.8 Å². The summed E-state index contributed by atoms with van der Waals surface area (Å²) in [6, 6.07) is 10.7. The molecule has 2 heterocycles. The van der Waals surface area contributed by atoms with Crippen molar-refractivity contribution in [3.63, 3.8) is 0 Å². The van der Waals surface area contributed by atoms with Crippen LogP contribution >= 0.6 is 11.3 Å². The largest absolute Gasteiger partial charge is 0.486 e. The lowest BCUT2D eigenvalue weighted by molar-refractivity contribution is 0.171. The zero-order valence-corrected chi connectivity index (χ0v) is 11.9. The maximum Gasteiger partial charge on any atom is 0.161 e. The fraction of sp³-hybridized carbons (Fsp3) is 0.333. The minimum atomic E-state index is 0.203. The van der Waals surface area contributed by atoms with Gasteiger partial charge in [-0.1, -0.05) is 6.07 Å². The van der Waals surface area contributed by atoms with E-state index in [1.54, 1.807) is 0 Å². The molecule has 1 unspecified atom stereocenters. The molecule has 0 aliphatic carbocycles. The predicted molar refractivity (Wildman–Crippen MR) is 77.4 cm³/mol. The lowest BCUT2D eigenvalue weighted by Crippen LogP contribution is -2.18. The number of nitrogens with one attached hydrogen (secondary N) is 1. The standard InChI is InChI=1S/C15H17NO2S/c1-10-3-6-14(19-10)15(16-2)11-4-5-12-13(9-11)18-8-7-17-12/h3-6,9,15-16H,7-8H2,1-2H3. The van der Waals surface area contributed by atoms with E-state index in [-0.39, 0.29) is 6.04 Å². The van der Waals surface area contributed by atoms with E-state index in [2.05, 4.69) is 36.5 Å². The molecule has 4 heteroatoms. The van der Waals surface area contributed by atoms with Crippen LogP contribution in [0.5, 0.6) is 11.5 Å². The average molecular weight is 275 g/mol. The molecule has 19 heavy (non-hydrogen) atoms. The first-order chi connectivity index (χ1) is 9.28. The van der Waals surface area contributed by atoms with Crippen LogP contribution in [0.2, 0.25) is 0 Å². The van der Waals surface area contributed by atoms with Crippen LogP contribution in [0.4, 0.5) is 0 Å². The van der Waals surface area contributed by atoms with E-state index in [9.17, 15) is 0 Å². The molecule has 1 aliphatic rings. The Morgan fingerprint density at radius 1 is 1.11 bits per heavy atom. The molecule has 3 rings (SSSR count). The SMILES string of the molecule is CNC(c1ccc2c(c1)OCCO2)c1ccc(C)s1. The third-order valence-corrected chi connectivity index (χ3v) is 4.30. The number of hydrogen-bond donors (Lipinski definition) is 1. The lowest BCUT2D eigenvalue weighted by atomic mass is 10.0. The van der Waals surface area contributed by atoms with Crippen LogP contribution in [0, 0.1) is 6.92 Å². The summed E-state index contributed by atoms with van der Waals surface area (Å²) in [6.45, 7) is 3.38. The average Bonchev–Trinajstić information content (AvgIpc) is 2.86. The van der Waals surface area contributed by atoms with Crippen molar-refractivity contribution in [1.29, 1.82) is 0 Å². The summed E-state index contributed by atoms with van der Waals surface area (Å²) in [4.78, 5) is 2.64. The van der Waals surface area contributed by atoms with Crippen LogP contribution in [0.15, 0.2) is 30.3 Å². The second kappa shape index (κ2) is 5.23. The molecule has 0 spiro atoms. The highest BCUT2D eigenvalue weighted by Crippen LogP contribution is 2.35. The maximum atomic E-state index is 5.65. The van der Waals surface area contributed by atoms with Crippen molar-refractivity contribution in [3.05, 3.63) is 45.6 Å². The van der Waals surface area contributed by atoms with Crippen molar-refractivity contribution >= 4 is 11.3 Å². The number of benzene rings is 1. The van der Waals surface area contributed by atoms with E-state index in [1.165, 1.54) is 15.3 Å². The third kappa shape index (κ3) is 2.46. The zero-order valence-electron chi connectivity index (χ0n) is 11.1. The molecule has 100 valence electrons. The summed E-state index contributed by atoms with van der Waals surface area (Å²) in [5.74, 6) is 1.68. The number of hydrogen-bond acceptors (Lipinski definition) is 4. The Kier molecular flexibility index (Phi) is 3.44. The minimum absolute atomic E-state index is 0.203. The fourth-order valence-corrected chi connectivity index (χ4v) is 3.34. The van der Waals surface area contributed by atoms with Gasteiger partial charge in [-0.15, -0.1) is 11.3 Å². The van der Waals surface area contributed by atoms with Gasteiger partial charge >= 0.3 is 0 Å². The van der Waals surface area contributed by atoms with Crippen molar-refractivity contribution in [1.82, 2.24) is 5.32 Å². The highest BCUT2D eigenvalue weighted by Gasteiger charge is 2.18. The molecule has 1 aromatic carbocycles. The smallest absolute Gasteiger partial charge is 0.161 e. The number of rotatable bonds is 3. The van der Waals surface area contributed by atoms with Crippen molar-refractivity contribution in [2.24, 2.45) is 0 Å². The summed E-state index contributed by atoms with van der Waals surface area (Å²) in [5, 5.41) is 3.37. The van der Waals surface area contributed by atoms with Gasteiger partial charge < -0.3 is 14.8 Å². The Balaban J connectivity index is 1.95. The highest BCUT2D eigenvalue weighted by molar-refractivity contribution is 7.12. The summed E-state index contributed by atoms with van der Waals surface area (Å²) in [7, 11) is 1.98. The quantitative estimate of drug-likeness (QED) is 0.933. The Hall–Kier alpha value is -1.52. The summed E-state index contributed by atoms with van der Waals surface area (Å²) < 4.78 is 11.2. The molecular formula is C15H17NO2S. The molecule has 0 radical (unpaired) electrons. The van der Waals surface area contributed by atoms with Gasteiger partial charge in [0.1, 0.15) is 13.2 Å². The van der Waals surface area contributed by atoms with Gasteiger partial charge in [0, 0.05) is 9.75 Å². The van der Waals surface area contributed by atoms with Crippen molar-refractivity contribution in [2.75, 3.05) is 20.3 Å². The topological polar surface area (TPSA) is 30.5 Å². The van der Waals surface area contributed by atoms with E-state index >= 15 is 0 Å². The second-order valence-electron chi connectivity index (χ2n) is 4.57. The monoisotopic (exact) mass is 275 g/mol. The Morgan fingerprint density at radius 3 is 2.58 bits per heavy atom. The Morgan fingerprint density at radius 2 is 1.89 bits per heavy atom. The van der Waals surface area contributed by atoms with Crippen LogP contribution in [-0.4, -0.2) is 20.3 Å². The van der Waals surface area contributed by atoms with Gasteiger partial charge in [0.05, 0.1) is 6.04 Å². The zero-order chi connectivity index (χ0) is 13.2. The molecule has 1 N–H and O–H groups in total. The molecule has 3 nitrogen and oxygen atoms in total. The molecule has 0 amide bonds. The molecule has 0 bridgehead atoms. The molecule has 0 saturated heterocycles. The minimum Gasteiger partial charge on any atom is -0.486 e. The highest BCUT2D eigenvalue weighted by atomic mass is 32.1. The van der Waals surface area contributed by atoms with Gasteiger partial charge in [-0.3, -0.25) is 0 Å². The number of thiophene rings is 1. The summed E-state index contributed by atoms with van der Waals surface area (Å²) in [6.07, 6.45) is 0. The normalized spacial score (nSPS) is 15.3. The molecule has 1 aromatic heterocycles. The van der Waals surface area contributed by atoms with E-state index in [4.69, 9.17) is 9.47 Å². The van der Waals surface area contributed by atoms with Crippen LogP contribution in [0.1, 0.15) is 21.4 Å². The van der Waals surface area contributed by atoms with Crippen molar-refractivity contribution < 1.29 is 9.47 Å². The van der Waals surface area contributed by atoms with Gasteiger partial charge in [0.15, 0.2) is 11.5 Å². The third-order valence-electron chi connectivity index (χ3n) is 3.23. The predicted octanol–water partition coefficient (Wildman–Crippen LogP) is 3.14. The van der Waals surface area contributed by atoms with E-state index in [1.807, 2.05) is 24.5 Å². The fourth-order valence-electron chi connectivity index (χ4n) is 2.32. The molecule has 0 fully saturated rings. The Bertz CT molecular complexity index is 579. The van der Waals surface area contributed by atoms with Gasteiger partial charge in [0.25, 0.3) is 0 Å². The van der Waals surface area contributed by atoms with Gasteiger partial charge in [-0.05, 0) is 43.8 Å². The summed E-state index contributed by atoms with van der Waals surface area (Å²) in [5.41, 5.74) is 1.20. The number of aryl methyl sites for hydroxylation is 1.